The SMILES string of the molecule is CCCCCCCP(CCCCCCC)CCCCCCP(CCCCCCC)CCCCCCC. The highest BCUT2D eigenvalue weighted by Gasteiger charge is 2.10. The molecule has 0 aromatic carbocycles. The van der Waals surface area contributed by atoms with Crippen LogP contribution < -0.4 is 0 Å². The van der Waals surface area contributed by atoms with Gasteiger partial charge in [-0.2, -0.15) is 0 Å². The van der Waals surface area contributed by atoms with E-state index in [2.05, 4.69) is 27.7 Å². The summed E-state index contributed by atoms with van der Waals surface area (Å²) in [6, 6.07) is 0. The van der Waals surface area contributed by atoms with Gasteiger partial charge in [0.25, 0.3) is 0 Å². The predicted octanol–water partition coefficient (Wildman–Crippen LogP) is 13.4. The molecule has 0 aliphatic heterocycles. The molecular weight excluding hydrogens is 470 g/mol. The van der Waals surface area contributed by atoms with Crippen LogP contribution in [0.15, 0.2) is 0 Å². The summed E-state index contributed by atoms with van der Waals surface area (Å²) in [5.74, 6) is 0. The van der Waals surface area contributed by atoms with Crippen molar-refractivity contribution in [2.45, 2.75) is 182 Å². The fourth-order valence-corrected chi connectivity index (χ4v) is 10.8. The Bertz CT molecular complexity index is 319. The van der Waals surface area contributed by atoms with E-state index in [0.29, 0.717) is 15.8 Å². The van der Waals surface area contributed by atoms with Crippen molar-refractivity contribution >= 4 is 15.8 Å². The average Bonchev–Trinajstić information content (AvgIpc) is 2.89. The molecule has 0 aliphatic carbocycles. The first-order chi connectivity index (χ1) is 17.8. The van der Waals surface area contributed by atoms with E-state index in [1.54, 1.807) is 49.8 Å². The van der Waals surface area contributed by atoms with Crippen molar-refractivity contribution in [2.75, 3.05) is 37.0 Å². The van der Waals surface area contributed by atoms with Gasteiger partial charge in [0.05, 0.1) is 0 Å². The highest BCUT2D eigenvalue weighted by atomic mass is 31.1. The molecule has 36 heavy (non-hydrogen) atoms. The second-order valence-electron chi connectivity index (χ2n) is 11.8. The van der Waals surface area contributed by atoms with Gasteiger partial charge in [-0.1, -0.05) is 143 Å². The van der Waals surface area contributed by atoms with E-state index >= 15 is 0 Å². The largest absolute Gasteiger partial charge is 0.107 e. The van der Waals surface area contributed by atoms with Crippen molar-refractivity contribution in [1.29, 1.82) is 0 Å². The van der Waals surface area contributed by atoms with Crippen LogP contribution in [0.3, 0.4) is 0 Å². The monoisotopic (exact) mass is 543 g/mol. The lowest BCUT2D eigenvalue weighted by molar-refractivity contribution is 0.649. The molecule has 0 nitrogen and oxygen atoms in total. The Morgan fingerprint density at radius 3 is 0.556 bits per heavy atom. The van der Waals surface area contributed by atoms with Gasteiger partial charge in [-0.15, -0.1) is 15.8 Å². The second-order valence-corrected chi connectivity index (χ2v) is 17.1. The first-order valence-electron chi connectivity index (χ1n) is 17.2. The van der Waals surface area contributed by atoms with Crippen LogP contribution in [0.4, 0.5) is 0 Å². The predicted molar refractivity (Wildman–Crippen MR) is 177 cm³/mol. The van der Waals surface area contributed by atoms with Crippen molar-refractivity contribution in [3.63, 3.8) is 0 Å². The first-order valence-corrected chi connectivity index (χ1v) is 21.0. The van der Waals surface area contributed by atoms with E-state index in [1.165, 1.54) is 141 Å². The fourth-order valence-electron chi connectivity index (χ4n) is 5.45. The summed E-state index contributed by atoms with van der Waals surface area (Å²) in [7, 11) is 0.683. The van der Waals surface area contributed by atoms with E-state index in [4.69, 9.17) is 0 Å². The Hall–Kier alpha value is 0.860. The molecule has 0 rings (SSSR count). The Morgan fingerprint density at radius 2 is 0.389 bits per heavy atom. The van der Waals surface area contributed by atoms with Gasteiger partial charge in [-0.25, -0.2) is 0 Å². The van der Waals surface area contributed by atoms with Gasteiger partial charge in [-0.05, 0) is 75.5 Å². The summed E-state index contributed by atoms with van der Waals surface area (Å²) in [5.41, 5.74) is 0. The standard InChI is InChI=1S/C34H72P2/c1-5-9-13-17-23-29-35(30-24-18-14-10-6-2)33-27-21-22-28-34-36(31-25-19-15-11-7-3)32-26-20-16-12-8-4/h5-34H2,1-4H3. The van der Waals surface area contributed by atoms with Crippen LogP contribution in [0.2, 0.25) is 0 Å². The third-order valence-corrected chi connectivity index (χ3v) is 13.7. The molecule has 0 aromatic heterocycles. The highest BCUT2D eigenvalue weighted by molar-refractivity contribution is 7.57. The highest BCUT2D eigenvalue weighted by Crippen LogP contribution is 2.41. The molecular formula is C34H72P2. The lowest BCUT2D eigenvalue weighted by Gasteiger charge is -2.19. The minimum atomic E-state index is 0.342. The summed E-state index contributed by atoms with van der Waals surface area (Å²) in [5, 5.41) is 0. The lowest BCUT2D eigenvalue weighted by atomic mass is 10.2. The van der Waals surface area contributed by atoms with E-state index < -0.39 is 0 Å². The van der Waals surface area contributed by atoms with Crippen LogP contribution in [-0.2, 0) is 0 Å². The van der Waals surface area contributed by atoms with E-state index in [1.807, 2.05) is 0 Å². The van der Waals surface area contributed by atoms with Crippen LogP contribution in [0.5, 0.6) is 0 Å². The van der Waals surface area contributed by atoms with Gasteiger partial charge in [0.1, 0.15) is 0 Å². The van der Waals surface area contributed by atoms with Crippen molar-refractivity contribution in [1.82, 2.24) is 0 Å². The zero-order valence-electron chi connectivity index (χ0n) is 26.1. The molecule has 0 fully saturated rings. The summed E-state index contributed by atoms with van der Waals surface area (Å²) < 4.78 is 0. The third kappa shape index (κ3) is 27.9. The molecule has 0 radical (unpaired) electrons. The minimum absolute atomic E-state index is 0.342. The Balaban J connectivity index is 4.15. The molecule has 0 saturated heterocycles. The second kappa shape index (κ2) is 32.1. The van der Waals surface area contributed by atoms with Gasteiger partial charge in [0.2, 0.25) is 0 Å². The smallest absolute Gasteiger partial charge is 0.0326 e. The van der Waals surface area contributed by atoms with Crippen LogP contribution in [0, 0.1) is 0 Å². The molecule has 0 N–H and O–H groups in total. The molecule has 0 bridgehead atoms. The summed E-state index contributed by atoms with van der Waals surface area (Å²) >= 11 is 0. The third-order valence-electron chi connectivity index (χ3n) is 8.01. The number of hydrogen-bond donors (Lipinski definition) is 0. The maximum Gasteiger partial charge on any atom is -0.0326 e. The van der Waals surface area contributed by atoms with Crippen LogP contribution in [0.25, 0.3) is 0 Å². The average molecular weight is 543 g/mol. The molecule has 0 amide bonds. The summed E-state index contributed by atoms with van der Waals surface area (Å²) in [6.45, 7) is 9.36. The molecule has 2 heteroatoms. The van der Waals surface area contributed by atoms with Crippen molar-refractivity contribution in [2.24, 2.45) is 0 Å². The fraction of sp³-hybridized carbons (Fsp3) is 1.00. The van der Waals surface area contributed by atoms with Crippen molar-refractivity contribution < 1.29 is 0 Å². The Kier molecular flexibility index (Phi) is 32.8. The normalized spacial score (nSPS) is 11.8. The quantitative estimate of drug-likeness (QED) is 0.0603. The van der Waals surface area contributed by atoms with Gasteiger partial charge in [0, 0.05) is 0 Å². The summed E-state index contributed by atoms with van der Waals surface area (Å²) in [6.07, 6.45) is 45.1. The van der Waals surface area contributed by atoms with Gasteiger partial charge in [-0.3, -0.25) is 0 Å². The zero-order chi connectivity index (χ0) is 26.4. The van der Waals surface area contributed by atoms with E-state index in [0.717, 1.165) is 0 Å². The number of hydrogen-bond acceptors (Lipinski definition) is 0. The van der Waals surface area contributed by atoms with Gasteiger partial charge in [0.15, 0.2) is 0 Å². The maximum atomic E-state index is 2.34. The van der Waals surface area contributed by atoms with Crippen LogP contribution >= 0.6 is 15.8 Å². The van der Waals surface area contributed by atoms with Crippen LogP contribution in [-0.4, -0.2) is 37.0 Å². The number of unbranched alkanes of at least 4 members (excludes halogenated alkanes) is 19. The maximum absolute atomic E-state index is 2.34. The Labute approximate surface area is 234 Å². The molecule has 0 heterocycles. The zero-order valence-corrected chi connectivity index (χ0v) is 27.9. The molecule has 0 aromatic rings. The molecule has 0 aliphatic rings. The summed E-state index contributed by atoms with van der Waals surface area (Å²) in [4.78, 5) is 0. The minimum Gasteiger partial charge on any atom is -0.107 e. The molecule has 0 unspecified atom stereocenters. The Morgan fingerprint density at radius 1 is 0.222 bits per heavy atom. The molecule has 218 valence electrons. The van der Waals surface area contributed by atoms with Crippen molar-refractivity contribution in [3.8, 4) is 0 Å². The molecule has 0 saturated carbocycles. The van der Waals surface area contributed by atoms with Crippen molar-refractivity contribution in [3.05, 3.63) is 0 Å². The topological polar surface area (TPSA) is 0 Å². The lowest BCUT2D eigenvalue weighted by Crippen LogP contribution is -1.99. The van der Waals surface area contributed by atoms with E-state index in [-0.39, 0.29) is 0 Å². The van der Waals surface area contributed by atoms with Gasteiger partial charge < -0.3 is 0 Å². The van der Waals surface area contributed by atoms with E-state index in [9.17, 15) is 0 Å². The number of rotatable bonds is 31. The molecule has 0 atom stereocenters. The molecule has 0 spiro atoms. The van der Waals surface area contributed by atoms with Crippen LogP contribution in [0.1, 0.15) is 182 Å². The first kappa shape index (κ1) is 36.9. The van der Waals surface area contributed by atoms with Gasteiger partial charge >= 0.3 is 0 Å².